The minimum absolute atomic E-state index is 0.347. The average Bonchev–Trinajstić information content (AvgIpc) is 2.77. The van der Waals surface area contributed by atoms with Crippen LogP contribution in [0.5, 0.6) is 0 Å². The number of hydrogen-bond donors (Lipinski definition) is 0. The Morgan fingerprint density at radius 3 is 2.04 bits per heavy atom. The van der Waals surface area contributed by atoms with Crippen LogP contribution in [0.15, 0.2) is 35.4 Å². The molecule has 5 heteroatoms. The second kappa shape index (κ2) is 8.18. The highest BCUT2D eigenvalue weighted by molar-refractivity contribution is 5.32. The van der Waals surface area contributed by atoms with Crippen molar-refractivity contribution in [2.75, 3.05) is 0 Å². The monoisotopic (exact) mass is 372 g/mol. The van der Waals surface area contributed by atoms with Crippen molar-refractivity contribution >= 4 is 0 Å². The van der Waals surface area contributed by atoms with Crippen molar-refractivity contribution in [1.29, 1.82) is 0 Å². The first kappa shape index (κ1) is 19.5. The zero-order valence-corrected chi connectivity index (χ0v) is 15.3. The molecule has 0 atom stereocenters. The molecule has 0 N–H and O–H groups in total. The lowest BCUT2D eigenvalue weighted by molar-refractivity contribution is -0.304. The lowest BCUT2D eigenvalue weighted by Crippen LogP contribution is -2.25. The Morgan fingerprint density at radius 1 is 0.885 bits per heavy atom. The SMILES string of the molecule is CC1CCC(C2CCC(C3=CC=C(OC(F)(F)F)C(F)=CC3)CC2)CC1. The van der Waals surface area contributed by atoms with Crippen molar-refractivity contribution in [2.24, 2.45) is 23.7 Å². The van der Waals surface area contributed by atoms with Crippen molar-refractivity contribution in [3.8, 4) is 0 Å². The molecule has 0 radical (unpaired) electrons. The molecule has 0 heterocycles. The number of allylic oxidation sites excluding steroid dienone is 5. The summed E-state index contributed by atoms with van der Waals surface area (Å²) in [4.78, 5) is 0. The van der Waals surface area contributed by atoms with Gasteiger partial charge in [0.1, 0.15) is 0 Å². The van der Waals surface area contributed by atoms with Gasteiger partial charge in [0, 0.05) is 0 Å². The van der Waals surface area contributed by atoms with Gasteiger partial charge in [0.05, 0.1) is 0 Å². The topological polar surface area (TPSA) is 9.23 Å². The van der Waals surface area contributed by atoms with Gasteiger partial charge in [-0.1, -0.05) is 31.4 Å². The minimum atomic E-state index is -4.87. The summed E-state index contributed by atoms with van der Waals surface area (Å²) in [5, 5.41) is 0. The predicted molar refractivity (Wildman–Crippen MR) is 93.7 cm³/mol. The average molecular weight is 372 g/mol. The van der Waals surface area contributed by atoms with Crippen molar-refractivity contribution in [1.82, 2.24) is 0 Å². The highest BCUT2D eigenvalue weighted by Gasteiger charge is 2.34. The Hall–Kier alpha value is -1.26. The van der Waals surface area contributed by atoms with E-state index in [2.05, 4.69) is 11.7 Å². The van der Waals surface area contributed by atoms with Crippen LogP contribution in [0.1, 0.15) is 64.7 Å². The second-order valence-electron chi connectivity index (χ2n) is 8.21. The van der Waals surface area contributed by atoms with Crippen LogP contribution in [-0.4, -0.2) is 6.36 Å². The van der Waals surface area contributed by atoms with Gasteiger partial charge >= 0.3 is 6.36 Å². The van der Waals surface area contributed by atoms with E-state index in [9.17, 15) is 17.6 Å². The van der Waals surface area contributed by atoms with Crippen molar-refractivity contribution in [3.63, 3.8) is 0 Å². The lowest BCUT2D eigenvalue weighted by atomic mass is 9.68. The molecular weight excluding hydrogens is 344 g/mol. The molecule has 26 heavy (non-hydrogen) atoms. The van der Waals surface area contributed by atoms with Crippen LogP contribution < -0.4 is 0 Å². The molecule has 3 aliphatic rings. The summed E-state index contributed by atoms with van der Waals surface area (Å²) < 4.78 is 54.7. The van der Waals surface area contributed by atoms with Gasteiger partial charge in [-0.15, -0.1) is 13.2 Å². The van der Waals surface area contributed by atoms with E-state index in [1.807, 2.05) is 0 Å². The molecule has 3 rings (SSSR count). The van der Waals surface area contributed by atoms with Crippen LogP contribution in [0, 0.1) is 23.7 Å². The Kier molecular flexibility index (Phi) is 6.13. The molecule has 1 nitrogen and oxygen atoms in total. The summed E-state index contributed by atoms with van der Waals surface area (Å²) in [7, 11) is 0. The minimum Gasteiger partial charge on any atom is -0.403 e. The fraction of sp³-hybridized carbons (Fsp3) is 0.714. The van der Waals surface area contributed by atoms with Crippen LogP contribution >= 0.6 is 0 Å². The van der Waals surface area contributed by atoms with Gasteiger partial charge in [-0.05, 0) is 80.8 Å². The van der Waals surface area contributed by atoms with Gasteiger partial charge in [0.25, 0.3) is 0 Å². The normalized spacial score (nSPS) is 33.7. The molecule has 2 fully saturated rings. The molecule has 0 unspecified atom stereocenters. The molecule has 3 aliphatic carbocycles. The quantitative estimate of drug-likeness (QED) is 0.475. The first-order valence-electron chi connectivity index (χ1n) is 9.84. The zero-order valence-electron chi connectivity index (χ0n) is 15.3. The lowest BCUT2D eigenvalue weighted by Gasteiger charge is -2.37. The summed E-state index contributed by atoms with van der Waals surface area (Å²) >= 11 is 0. The number of alkyl halides is 3. The van der Waals surface area contributed by atoms with Crippen molar-refractivity contribution in [3.05, 3.63) is 35.4 Å². The number of hydrogen-bond acceptors (Lipinski definition) is 1. The van der Waals surface area contributed by atoms with Gasteiger partial charge < -0.3 is 4.74 Å². The van der Waals surface area contributed by atoms with Crippen LogP contribution in [0.4, 0.5) is 17.6 Å². The van der Waals surface area contributed by atoms with E-state index in [0.717, 1.165) is 42.2 Å². The molecule has 0 spiro atoms. The molecule has 0 aromatic carbocycles. The first-order valence-corrected chi connectivity index (χ1v) is 9.84. The molecule has 0 aromatic rings. The van der Waals surface area contributed by atoms with Crippen LogP contribution in [-0.2, 0) is 4.74 Å². The highest BCUT2D eigenvalue weighted by atomic mass is 19.4. The molecule has 2 saturated carbocycles. The zero-order chi connectivity index (χ0) is 18.7. The van der Waals surface area contributed by atoms with Gasteiger partial charge in [-0.2, -0.15) is 0 Å². The van der Waals surface area contributed by atoms with Crippen LogP contribution in [0.2, 0.25) is 0 Å². The number of rotatable bonds is 3. The van der Waals surface area contributed by atoms with E-state index < -0.39 is 17.9 Å². The smallest absolute Gasteiger partial charge is 0.403 e. The maximum absolute atomic E-state index is 13.8. The molecule has 0 amide bonds. The highest BCUT2D eigenvalue weighted by Crippen LogP contribution is 2.43. The van der Waals surface area contributed by atoms with Crippen molar-refractivity contribution in [2.45, 2.75) is 71.1 Å². The first-order chi connectivity index (χ1) is 12.3. The molecule has 146 valence electrons. The summed E-state index contributed by atoms with van der Waals surface area (Å²) in [6.45, 7) is 2.34. The second-order valence-corrected chi connectivity index (χ2v) is 8.21. The summed E-state index contributed by atoms with van der Waals surface area (Å²) in [6.07, 6.45) is 9.32. The summed E-state index contributed by atoms with van der Waals surface area (Å²) in [5.74, 6) is 1.17. The molecule has 0 aromatic heterocycles. The molecular formula is C21H28F4O. The Balaban J connectivity index is 1.57. The van der Waals surface area contributed by atoms with E-state index in [4.69, 9.17) is 0 Å². The molecule has 0 bridgehead atoms. The van der Waals surface area contributed by atoms with E-state index in [0.29, 0.717) is 12.3 Å². The van der Waals surface area contributed by atoms with Gasteiger partial charge in [-0.3, -0.25) is 0 Å². The van der Waals surface area contributed by atoms with Crippen molar-refractivity contribution < 1.29 is 22.3 Å². The fourth-order valence-electron chi connectivity index (χ4n) is 4.87. The van der Waals surface area contributed by atoms with Gasteiger partial charge in [-0.25, -0.2) is 4.39 Å². The standard InChI is InChI=1S/C21H28F4O/c1-14-2-4-15(5-3-14)16-6-8-17(9-7-16)18-10-12-19(22)20(13-11-18)26-21(23,24)25/h11-17H,2-10H2,1H3. The van der Waals surface area contributed by atoms with Gasteiger partial charge in [0.15, 0.2) is 11.6 Å². The predicted octanol–water partition coefficient (Wildman–Crippen LogP) is 7.22. The molecule has 0 saturated heterocycles. The van der Waals surface area contributed by atoms with E-state index in [1.54, 1.807) is 6.08 Å². The maximum atomic E-state index is 13.8. The summed E-state index contributed by atoms with van der Waals surface area (Å²) in [6, 6.07) is 0. The van der Waals surface area contributed by atoms with E-state index in [-0.39, 0.29) is 0 Å². The number of ether oxygens (including phenoxy) is 1. The Bertz CT molecular complexity index is 571. The van der Waals surface area contributed by atoms with Gasteiger partial charge in [0.2, 0.25) is 0 Å². The Morgan fingerprint density at radius 2 is 1.46 bits per heavy atom. The largest absolute Gasteiger partial charge is 0.573 e. The van der Waals surface area contributed by atoms with E-state index in [1.165, 1.54) is 44.6 Å². The van der Waals surface area contributed by atoms with E-state index >= 15 is 0 Å². The summed E-state index contributed by atoms with van der Waals surface area (Å²) in [5.41, 5.74) is 1.02. The third-order valence-electron chi connectivity index (χ3n) is 6.45. The van der Waals surface area contributed by atoms with Crippen LogP contribution in [0.3, 0.4) is 0 Å². The van der Waals surface area contributed by atoms with Crippen LogP contribution in [0.25, 0.3) is 0 Å². The fourth-order valence-corrected chi connectivity index (χ4v) is 4.87. The third-order valence-corrected chi connectivity index (χ3v) is 6.45. The third kappa shape index (κ3) is 5.14. The number of halogens is 4. The maximum Gasteiger partial charge on any atom is 0.573 e. The molecule has 0 aliphatic heterocycles. The Labute approximate surface area is 153 Å².